The molecule has 2 amide bonds. The predicted molar refractivity (Wildman–Crippen MR) is 84.7 cm³/mol. The molecule has 0 bridgehead atoms. The fraction of sp³-hybridized carbons (Fsp3) is 0.333. The lowest BCUT2D eigenvalue weighted by atomic mass is 10.2. The second-order valence-corrected chi connectivity index (χ2v) is 5.20. The first kappa shape index (κ1) is 15.4. The van der Waals surface area contributed by atoms with Crippen LogP contribution < -0.4 is 10.6 Å². The maximum Gasteiger partial charge on any atom is 0.320 e. The van der Waals surface area contributed by atoms with Gasteiger partial charge in [0.2, 0.25) is 0 Å². The van der Waals surface area contributed by atoms with Gasteiger partial charge in [-0.2, -0.15) is 5.10 Å². The molecular formula is C15H19ClN4O. The second-order valence-electron chi connectivity index (χ2n) is 4.76. The summed E-state index contributed by atoms with van der Waals surface area (Å²) in [7, 11) is 0. The van der Waals surface area contributed by atoms with Gasteiger partial charge in [0.05, 0.1) is 6.54 Å². The summed E-state index contributed by atoms with van der Waals surface area (Å²) in [4.78, 5) is 11.6. The van der Waals surface area contributed by atoms with Gasteiger partial charge in [-0.05, 0) is 24.1 Å². The molecule has 5 nitrogen and oxygen atoms in total. The number of hydrogen-bond acceptors (Lipinski definition) is 2. The minimum absolute atomic E-state index is 0.226. The zero-order valence-electron chi connectivity index (χ0n) is 12.0. The van der Waals surface area contributed by atoms with Crippen molar-refractivity contribution in [3.05, 3.63) is 47.1 Å². The molecule has 0 aliphatic carbocycles. The topological polar surface area (TPSA) is 59.0 Å². The van der Waals surface area contributed by atoms with Gasteiger partial charge in [-0.25, -0.2) is 4.79 Å². The highest BCUT2D eigenvalue weighted by Gasteiger charge is 2.04. The van der Waals surface area contributed by atoms with Crippen LogP contribution in [0.25, 0.3) is 0 Å². The summed E-state index contributed by atoms with van der Waals surface area (Å²) in [6.07, 6.45) is 3.84. The van der Waals surface area contributed by atoms with Gasteiger partial charge in [-0.15, -0.1) is 0 Å². The van der Waals surface area contributed by atoms with Crippen molar-refractivity contribution in [2.24, 2.45) is 0 Å². The van der Waals surface area contributed by atoms with Crippen LogP contribution in [-0.2, 0) is 6.54 Å². The molecule has 0 saturated carbocycles. The molecule has 2 rings (SSSR count). The summed E-state index contributed by atoms with van der Waals surface area (Å²) in [5.41, 5.74) is 1.06. The molecule has 2 N–H and O–H groups in total. The van der Waals surface area contributed by atoms with Gasteiger partial charge < -0.3 is 5.32 Å². The number of rotatable bonds is 6. The number of aromatic nitrogens is 2. The quantitative estimate of drug-likeness (QED) is 0.802. The number of amides is 2. The minimum Gasteiger partial charge on any atom is -0.338 e. The van der Waals surface area contributed by atoms with Crippen molar-refractivity contribution >= 4 is 23.4 Å². The van der Waals surface area contributed by atoms with Crippen LogP contribution in [0.3, 0.4) is 0 Å². The maximum absolute atomic E-state index is 11.6. The number of carbonyl (C=O) groups excluding carboxylic acids is 1. The minimum atomic E-state index is -0.226. The van der Waals surface area contributed by atoms with Gasteiger partial charge in [0.15, 0.2) is 5.82 Å². The first-order chi connectivity index (χ1) is 10.2. The van der Waals surface area contributed by atoms with Crippen molar-refractivity contribution in [3.63, 3.8) is 0 Å². The molecule has 0 aliphatic heterocycles. The Bertz CT molecular complexity index is 597. The Kier molecular flexibility index (Phi) is 5.63. The Morgan fingerprint density at radius 1 is 1.38 bits per heavy atom. The molecule has 0 radical (unpaired) electrons. The van der Waals surface area contributed by atoms with E-state index < -0.39 is 0 Å². The summed E-state index contributed by atoms with van der Waals surface area (Å²) < 4.78 is 1.76. The molecule has 1 heterocycles. The van der Waals surface area contributed by atoms with E-state index in [1.165, 1.54) is 0 Å². The highest BCUT2D eigenvalue weighted by Crippen LogP contribution is 2.12. The van der Waals surface area contributed by atoms with Crippen molar-refractivity contribution in [1.82, 2.24) is 15.1 Å². The van der Waals surface area contributed by atoms with Gasteiger partial charge in [-0.1, -0.05) is 37.1 Å². The number of hydrogen-bond donors (Lipinski definition) is 2. The summed E-state index contributed by atoms with van der Waals surface area (Å²) in [5, 5.41) is 10.5. The van der Waals surface area contributed by atoms with Gasteiger partial charge in [0, 0.05) is 23.8 Å². The van der Waals surface area contributed by atoms with Crippen LogP contribution in [0, 0.1) is 0 Å². The zero-order chi connectivity index (χ0) is 15.1. The number of halogens is 1. The van der Waals surface area contributed by atoms with E-state index in [9.17, 15) is 4.79 Å². The molecule has 0 fully saturated rings. The molecule has 1 aromatic carbocycles. The molecule has 2 aromatic rings. The van der Waals surface area contributed by atoms with Crippen LogP contribution in [-0.4, -0.2) is 22.4 Å². The Labute approximate surface area is 129 Å². The highest BCUT2D eigenvalue weighted by atomic mass is 35.5. The van der Waals surface area contributed by atoms with E-state index in [1.807, 2.05) is 30.5 Å². The third-order valence-corrected chi connectivity index (χ3v) is 3.17. The lowest BCUT2D eigenvalue weighted by Gasteiger charge is -2.05. The fourth-order valence-electron chi connectivity index (χ4n) is 1.88. The summed E-state index contributed by atoms with van der Waals surface area (Å²) in [6.45, 7) is 3.36. The molecule has 6 heteroatoms. The SMILES string of the molecule is CCCCNC(=O)Nc1ccn(Cc2cccc(Cl)c2)n1. The van der Waals surface area contributed by atoms with Gasteiger partial charge in [0.1, 0.15) is 0 Å². The maximum atomic E-state index is 11.6. The molecule has 0 aliphatic rings. The van der Waals surface area contributed by atoms with Crippen LogP contribution in [0.1, 0.15) is 25.3 Å². The average Bonchev–Trinajstić information content (AvgIpc) is 2.86. The first-order valence-electron chi connectivity index (χ1n) is 7.00. The Balaban J connectivity index is 1.88. The highest BCUT2D eigenvalue weighted by molar-refractivity contribution is 6.30. The van der Waals surface area contributed by atoms with E-state index >= 15 is 0 Å². The number of anilines is 1. The second kappa shape index (κ2) is 7.69. The van der Waals surface area contributed by atoms with E-state index in [-0.39, 0.29) is 6.03 Å². The molecule has 0 saturated heterocycles. The monoisotopic (exact) mass is 306 g/mol. The smallest absolute Gasteiger partial charge is 0.320 e. The first-order valence-corrected chi connectivity index (χ1v) is 7.38. The number of urea groups is 1. The van der Waals surface area contributed by atoms with E-state index in [0.29, 0.717) is 23.9 Å². The molecule has 112 valence electrons. The molecule has 0 spiro atoms. The molecule has 1 aromatic heterocycles. The van der Waals surface area contributed by atoms with Crippen molar-refractivity contribution in [2.45, 2.75) is 26.3 Å². The standard InChI is InChI=1S/C15H19ClN4O/c1-2-3-8-17-15(21)18-14-7-9-20(19-14)11-12-5-4-6-13(16)10-12/h4-7,9-10H,2-3,8,11H2,1H3,(H2,17,18,19,21). The summed E-state index contributed by atoms with van der Waals surface area (Å²) >= 11 is 5.95. The van der Waals surface area contributed by atoms with E-state index in [4.69, 9.17) is 11.6 Å². The number of nitrogens with one attached hydrogen (secondary N) is 2. The van der Waals surface area contributed by atoms with E-state index in [2.05, 4.69) is 22.7 Å². The summed E-state index contributed by atoms with van der Waals surface area (Å²) in [6, 6.07) is 9.16. The average molecular weight is 307 g/mol. The largest absolute Gasteiger partial charge is 0.338 e. The van der Waals surface area contributed by atoms with Crippen molar-refractivity contribution in [1.29, 1.82) is 0 Å². The number of carbonyl (C=O) groups is 1. The van der Waals surface area contributed by atoms with Gasteiger partial charge in [0.25, 0.3) is 0 Å². The lowest BCUT2D eigenvalue weighted by molar-refractivity contribution is 0.252. The number of nitrogens with zero attached hydrogens (tertiary/aromatic N) is 2. The van der Waals surface area contributed by atoms with Crippen LogP contribution in [0.15, 0.2) is 36.5 Å². The Hall–Kier alpha value is -2.01. The Morgan fingerprint density at radius 3 is 3.00 bits per heavy atom. The van der Waals surface area contributed by atoms with Crippen LogP contribution in [0.2, 0.25) is 5.02 Å². The van der Waals surface area contributed by atoms with E-state index in [0.717, 1.165) is 18.4 Å². The fourth-order valence-corrected chi connectivity index (χ4v) is 2.09. The third kappa shape index (κ3) is 5.11. The predicted octanol–water partition coefficient (Wildman–Crippen LogP) is 3.51. The number of unbranched alkanes of at least 4 members (excludes halogenated alkanes) is 1. The van der Waals surface area contributed by atoms with E-state index in [1.54, 1.807) is 10.7 Å². The lowest BCUT2D eigenvalue weighted by Crippen LogP contribution is -2.29. The van der Waals surface area contributed by atoms with Crippen LogP contribution >= 0.6 is 11.6 Å². The van der Waals surface area contributed by atoms with Crippen molar-refractivity contribution in [3.8, 4) is 0 Å². The normalized spacial score (nSPS) is 10.4. The molecule has 0 unspecified atom stereocenters. The van der Waals surface area contributed by atoms with Gasteiger partial charge in [-0.3, -0.25) is 10.00 Å². The summed E-state index contributed by atoms with van der Waals surface area (Å²) in [5.74, 6) is 0.533. The molecular weight excluding hydrogens is 288 g/mol. The van der Waals surface area contributed by atoms with Crippen molar-refractivity contribution in [2.75, 3.05) is 11.9 Å². The molecule has 0 atom stereocenters. The Morgan fingerprint density at radius 2 is 2.24 bits per heavy atom. The number of benzene rings is 1. The van der Waals surface area contributed by atoms with Gasteiger partial charge >= 0.3 is 6.03 Å². The third-order valence-electron chi connectivity index (χ3n) is 2.93. The molecule has 21 heavy (non-hydrogen) atoms. The van der Waals surface area contributed by atoms with Crippen LogP contribution in [0.5, 0.6) is 0 Å². The van der Waals surface area contributed by atoms with Crippen LogP contribution in [0.4, 0.5) is 10.6 Å². The zero-order valence-corrected chi connectivity index (χ0v) is 12.7. The van der Waals surface area contributed by atoms with Crippen molar-refractivity contribution < 1.29 is 4.79 Å².